The van der Waals surface area contributed by atoms with Crippen LogP contribution in [0.3, 0.4) is 0 Å². The number of piperazine rings is 1. The van der Waals surface area contributed by atoms with Crippen LogP contribution in [0.2, 0.25) is 0 Å². The third-order valence-corrected chi connectivity index (χ3v) is 5.11. The highest BCUT2D eigenvalue weighted by atomic mass is 32.2. The number of anilines is 1. The Labute approximate surface area is 147 Å². The molecule has 4 nitrogen and oxygen atoms in total. The standard InChI is InChI=1S/C19H22N2O2S/c1-23-17-9-7-16(8-10-17)21-12-11-20(14-19(21)22)13-15-5-3-4-6-18(15)24-2/h3-10H,11-14H2,1-2H3. The molecule has 126 valence electrons. The second-order valence-electron chi connectivity index (χ2n) is 5.77. The van der Waals surface area contributed by atoms with E-state index >= 15 is 0 Å². The zero-order valence-corrected chi connectivity index (χ0v) is 14.9. The van der Waals surface area contributed by atoms with Crippen molar-refractivity contribution in [3.63, 3.8) is 0 Å². The lowest BCUT2D eigenvalue weighted by atomic mass is 10.2. The maximum atomic E-state index is 12.6. The van der Waals surface area contributed by atoms with Crippen molar-refractivity contribution in [2.45, 2.75) is 11.4 Å². The van der Waals surface area contributed by atoms with Crippen LogP contribution in [0.4, 0.5) is 5.69 Å². The molecule has 3 rings (SSSR count). The summed E-state index contributed by atoms with van der Waals surface area (Å²) in [4.78, 5) is 17.9. The number of amides is 1. The lowest BCUT2D eigenvalue weighted by Crippen LogP contribution is -2.50. The van der Waals surface area contributed by atoms with E-state index in [1.165, 1.54) is 10.5 Å². The van der Waals surface area contributed by atoms with Crippen LogP contribution in [0.1, 0.15) is 5.56 Å². The summed E-state index contributed by atoms with van der Waals surface area (Å²) >= 11 is 1.75. The summed E-state index contributed by atoms with van der Waals surface area (Å²) in [5.74, 6) is 0.951. The number of thioether (sulfide) groups is 1. The molecule has 0 aromatic heterocycles. The lowest BCUT2D eigenvalue weighted by molar-refractivity contribution is -0.121. The van der Waals surface area contributed by atoms with Crippen molar-refractivity contribution in [1.82, 2.24) is 4.90 Å². The fourth-order valence-electron chi connectivity index (χ4n) is 2.97. The number of methoxy groups -OCH3 is 1. The van der Waals surface area contributed by atoms with E-state index in [4.69, 9.17) is 4.74 Å². The lowest BCUT2D eigenvalue weighted by Gasteiger charge is -2.34. The van der Waals surface area contributed by atoms with Crippen molar-refractivity contribution in [2.24, 2.45) is 0 Å². The number of benzene rings is 2. The van der Waals surface area contributed by atoms with Gasteiger partial charge in [-0.2, -0.15) is 0 Å². The molecule has 2 aromatic rings. The SMILES string of the molecule is COc1ccc(N2CCN(Cc3ccccc3SC)CC2=O)cc1. The Hall–Kier alpha value is -1.98. The number of carbonyl (C=O) groups is 1. The van der Waals surface area contributed by atoms with E-state index in [1.54, 1.807) is 18.9 Å². The summed E-state index contributed by atoms with van der Waals surface area (Å²) < 4.78 is 5.17. The zero-order chi connectivity index (χ0) is 16.9. The fourth-order valence-corrected chi connectivity index (χ4v) is 3.58. The van der Waals surface area contributed by atoms with Crippen molar-refractivity contribution in [3.8, 4) is 5.75 Å². The number of hydrogen-bond acceptors (Lipinski definition) is 4. The molecular formula is C19H22N2O2S. The Balaban J connectivity index is 1.65. The van der Waals surface area contributed by atoms with Gasteiger partial charge in [0.1, 0.15) is 5.75 Å². The van der Waals surface area contributed by atoms with Crippen LogP contribution in [-0.4, -0.2) is 43.8 Å². The van der Waals surface area contributed by atoms with Crippen molar-refractivity contribution in [2.75, 3.05) is 37.9 Å². The molecule has 24 heavy (non-hydrogen) atoms. The fraction of sp³-hybridized carbons (Fsp3) is 0.316. The van der Waals surface area contributed by atoms with E-state index in [0.29, 0.717) is 13.1 Å². The highest BCUT2D eigenvalue weighted by Gasteiger charge is 2.25. The van der Waals surface area contributed by atoms with Gasteiger partial charge in [0.05, 0.1) is 13.7 Å². The molecule has 1 amide bonds. The predicted octanol–water partition coefficient (Wildman–Crippen LogP) is 3.27. The van der Waals surface area contributed by atoms with Gasteiger partial charge in [-0.15, -0.1) is 11.8 Å². The number of hydrogen-bond donors (Lipinski definition) is 0. The van der Waals surface area contributed by atoms with Crippen molar-refractivity contribution < 1.29 is 9.53 Å². The second-order valence-corrected chi connectivity index (χ2v) is 6.61. The maximum absolute atomic E-state index is 12.6. The monoisotopic (exact) mass is 342 g/mol. The summed E-state index contributed by atoms with van der Waals surface area (Å²) in [5.41, 5.74) is 2.22. The van der Waals surface area contributed by atoms with Crippen LogP contribution in [-0.2, 0) is 11.3 Å². The topological polar surface area (TPSA) is 32.8 Å². The molecule has 1 heterocycles. The summed E-state index contributed by atoms with van der Waals surface area (Å²) in [7, 11) is 1.64. The first-order valence-electron chi connectivity index (χ1n) is 8.00. The molecule has 0 aliphatic carbocycles. The first-order valence-corrected chi connectivity index (χ1v) is 9.22. The van der Waals surface area contributed by atoms with Gasteiger partial charge in [-0.05, 0) is 42.2 Å². The van der Waals surface area contributed by atoms with Gasteiger partial charge in [-0.3, -0.25) is 9.69 Å². The predicted molar refractivity (Wildman–Crippen MR) is 98.8 cm³/mol. The normalized spacial score (nSPS) is 15.6. The van der Waals surface area contributed by atoms with E-state index in [2.05, 4.69) is 35.4 Å². The Bertz CT molecular complexity index is 703. The van der Waals surface area contributed by atoms with E-state index in [0.717, 1.165) is 24.5 Å². The molecule has 0 radical (unpaired) electrons. The van der Waals surface area contributed by atoms with Gasteiger partial charge >= 0.3 is 0 Å². The molecule has 1 aliphatic heterocycles. The minimum Gasteiger partial charge on any atom is -0.497 e. The number of ether oxygens (including phenoxy) is 1. The summed E-state index contributed by atoms with van der Waals surface area (Å²) in [6, 6.07) is 16.1. The number of rotatable bonds is 5. The summed E-state index contributed by atoms with van der Waals surface area (Å²) in [5, 5.41) is 0. The maximum Gasteiger partial charge on any atom is 0.241 e. The van der Waals surface area contributed by atoms with Crippen LogP contribution in [0.5, 0.6) is 5.75 Å². The molecule has 0 N–H and O–H groups in total. The molecule has 1 saturated heterocycles. The van der Waals surface area contributed by atoms with E-state index in [9.17, 15) is 4.79 Å². The van der Waals surface area contributed by atoms with Gasteiger partial charge in [-0.25, -0.2) is 0 Å². The van der Waals surface area contributed by atoms with Gasteiger partial charge in [0.15, 0.2) is 0 Å². The van der Waals surface area contributed by atoms with Crippen molar-refractivity contribution in [3.05, 3.63) is 54.1 Å². The van der Waals surface area contributed by atoms with Crippen molar-refractivity contribution >= 4 is 23.4 Å². The molecule has 0 saturated carbocycles. The first kappa shape index (κ1) is 16.9. The zero-order valence-electron chi connectivity index (χ0n) is 14.1. The Kier molecular flexibility index (Phi) is 5.43. The summed E-state index contributed by atoms with van der Waals surface area (Å²) in [6.07, 6.45) is 2.09. The molecular weight excluding hydrogens is 320 g/mol. The Morgan fingerprint density at radius 3 is 2.50 bits per heavy atom. The van der Waals surface area contributed by atoms with Crippen LogP contribution in [0, 0.1) is 0 Å². The van der Waals surface area contributed by atoms with Crippen LogP contribution in [0.25, 0.3) is 0 Å². The molecule has 1 aliphatic rings. The van der Waals surface area contributed by atoms with E-state index in [-0.39, 0.29) is 5.91 Å². The third-order valence-electron chi connectivity index (χ3n) is 4.27. The molecule has 5 heteroatoms. The van der Waals surface area contributed by atoms with Crippen molar-refractivity contribution in [1.29, 1.82) is 0 Å². The van der Waals surface area contributed by atoms with Gasteiger partial charge in [0, 0.05) is 30.2 Å². The Morgan fingerprint density at radius 2 is 1.83 bits per heavy atom. The average Bonchev–Trinajstić information content (AvgIpc) is 2.62. The smallest absolute Gasteiger partial charge is 0.241 e. The summed E-state index contributed by atoms with van der Waals surface area (Å²) in [6.45, 7) is 2.86. The second kappa shape index (κ2) is 7.73. The minimum absolute atomic E-state index is 0.146. The van der Waals surface area contributed by atoms with Gasteiger partial charge < -0.3 is 9.64 Å². The third kappa shape index (κ3) is 3.74. The Morgan fingerprint density at radius 1 is 1.08 bits per heavy atom. The minimum atomic E-state index is 0.146. The highest BCUT2D eigenvalue weighted by Crippen LogP contribution is 2.24. The van der Waals surface area contributed by atoms with Gasteiger partial charge in [-0.1, -0.05) is 18.2 Å². The van der Waals surface area contributed by atoms with Crippen LogP contribution < -0.4 is 9.64 Å². The largest absolute Gasteiger partial charge is 0.497 e. The average molecular weight is 342 g/mol. The van der Waals surface area contributed by atoms with Gasteiger partial charge in [0.25, 0.3) is 0 Å². The molecule has 2 aromatic carbocycles. The number of carbonyl (C=O) groups excluding carboxylic acids is 1. The molecule has 0 atom stereocenters. The quantitative estimate of drug-likeness (QED) is 0.781. The molecule has 1 fully saturated rings. The van der Waals surface area contributed by atoms with Gasteiger partial charge in [0.2, 0.25) is 5.91 Å². The first-order chi connectivity index (χ1) is 11.7. The highest BCUT2D eigenvalue weighted by molar-refractivity contribution is 7.98. The van der Waals surface area contributed by atoms with Crippen LogP contribution in [0.15, 0.2) is 53.4 Å². The number of nitrogens with zero attached hydrogens (tertiary/aromatic N) is 2. The van der Waals surface area contributed by atoms with Crippen LogP contribution >= 0.6 is 11.8 Å². The van der Waals surface area contributed by atoms with E-state index < -0.39 is 0 Å². The molecule has 0 unspecified atom stereocenters. The molecule has 0 bridgehead atoms. The molecule has 0 spiro atoms. The van der Waals surface area contributed by atoms with E-state index in [1.807, 2.05) is 29.2 Å².